The molecule has 152 valence electrons. The number of carboxylic acid groups (broad SMARTS) is 1. The third-order valence-corrected chi connectivity index (χ3v) is 5.06. The molecular weight excluding hydrogens is 370 g/mol. The molecule has 2 aromatic carbocycles. The minimum Gasteiger partial charge on any atom is -0.478 e. The van der Waals surface area contributed by atoms with Crippen molar-refractivity contribution in [1.82, 2.24) is 15.1 Å². The average molecular weight is 395 g/mol. The van der Waals surface area contributed by atoms with E-state index in [-0.39, 0.29) is 34.8 Å². The number of fused-ring (bicyclic) bond motifs is 1. The monoisotopic (exact) mass is 395 g/mol. The van der Waals surface area contributed by atoms with Crippen LogP contribution in [0, 0.1) is 0 Å². The largest absolute Gasteiger partial charge is 0.478 e. The number of para-hydroxylation sites is 1. The Morgan fingerprint density at radius 3 is 2.17 bits per heavy atom. The number of rotatable bonds is 5. The lowest BCUT2D eigenvalue weighted by Crippen LogP contribution is -2.35. The Bertz CT molecular complexity index is 1110. The zero-order valence-corrected chi connectivity index (χ0v) is 16.9. The summed E-state index contributed by atoms with van der Waals surface area (Å²) >= 11 is 0. The van der Waals surface area contributed by atoms with Gasteiger partial charge in [0.2, 0.25) is 0 Å². The van der Waals surface area contributed by atoms with Crippen molar-refractivity contribution in [3.63, 3.8) is 0 Å². The second-order valence-electron chi connectivity index (χ2n) is 7.67. The first kappa shape index (κ1) is 20.4. The van der Waals surface area contributed by atoms with Gasteiger partial charge in [-0.2, -0.15) is 4.68 Å². The molecule has 7 heteroatoms. The van der Waals surface area contributed by atoms with Crippen molar-refractivity contribution in [2.24, 2.45) is 0 Å². The van der Waals surface area contributed by atoms with E-state index in [1.54, 1.807) is 0 Å². The summed E-state index contributed by atoms with van der Waals surface area (Å²) in [4.78, 5) is 36.7. The van der Waals surface area contributed by atoms with Crippen LogP contribution in [0.2, 0.25) is 0 Å². The first-order valence-electron chi connectivity index (χ1n) is 9.59. The predicted octanol–water partition coefficient (Wildman–Crippen LogP) is 4.03. The van der Waals surface area contributed by atoms with Crippen LogP contribution >= 0.6 is 0 Å². The second-order valence-corrected chi connectivity index (χ2v) is 7.67. The number of H-pyrrole nitrogens is 1. The second kappa shape index (κ2) is 7.95. The standard InChI is InChI=1S/C22H25N3O4/c1-12(2)14-7-5-8-15(13(3)4)18(14)11-23-22(29)25-20(26)16-9-6-10-17(21(27)28)19(16)24-25/h5-10,12-13,24H,11H2,1-4H3,(H,23,29)(H,27,28). The van der Waals surface area contributed by atoms with Crippen molar-refractivity contribution in [3.05, 3.63) is 69.0 Å². The number of nitrogens with one attached hydrogen (secondary N) is 2. The molecule has 1 heterocycles. The first-order chi connectivity index (χ1) is 13.7. The van der Waals surface area contributed by atoms with Gasteiger partial charge in [0.25, 0.3) is 5.56 Å². The van der Waals surface area contributed by atoms with Crippen LogP contribution in [-0.4, -0.2) is 26.9 Å². The number of amides is 1. The van der Waals surface area contributed by atoms with Gasteiger partial charge in [-0.15, -0.1) is 0 Å². The van der Waals surface area contributed by atoms with E-state index < -0.39 is 17.6 Å². The van der Waals surface area contributed by atoms with Crippen LogP contribution in [0.3, 0.4) is 0 Å². The molecule has 0 saturated carbocycles. The van der Waals surface area contributed by atoms with Gasteiger partial charge >= 0.3 is 12.0 Å². The van der Waals surface area contributed by atoms with E-state index >= 15 is 0 Å². The highest BCUT2D eigenvalue weighted by atomic mass is 16.4. The van der Waals surface area contributed by atoms with Crippen LogP contribution in [-0.2, 0) is 6.54 Å². The molecule has 0 atom stereocenters. The molecule has 3 rings (SSSR count). The van der Waals surface area contributed by atoms with Crippen LogP contribution in [0.1, 0.15) is 66.6 Å². The molecule has 0 fully saturated rings. The lowest BCUT2D eigenvalue weighted by Gasteiger charge is -2.20. The van der Waals surface area contributed by atoms with Crippen LogP contribution < -0.4 is 10.9 Å². The van der Waals surface area contributed by atoms with Crippen molar-refractivity contribution in [2.75, 3.05) is 0 Å². The summed E-state index contributed by atoms with van der Waals surface area (Å²) in [7, 11) is 0. The van der Waals surface area contributed by atoms with Gasteiger partial charge in [0.15, 0.2) is 0 Å². The lowest BCUT2D eigenvalue weighted by molar-refractivity contribution is 0.0698. The zero-order valence-electron chi connectivity index (χ0n) is 16.9. The van der Waals surface area contributed by atoms with E-state index in [1.807, 2.05) is 18.2 Å². The summed E-state index contributed by atoms with van der Waals surface area (Å²) in [5.74, 6) is -0.596. The topological polar surface area (TPSA) is 104 Å². The summed E-state index contributed by atoms with van der Waals surface area (Å²) < 4.78 is 0.824. The SMILES string of the molecule is CC(C)c1cccc(C(C)C)c1CNC(=O)n1[nH]c2c(C(=O)O)cccc2c1=O. The van der Waals surface area contributed by atoms with Crippen molar-refractivity contribution >= 4 is 22.9 Å². The van der Waals surface area contributed by atoms with E-state index in [4.69, 9.17) is 0 Å². The molecule has 0 unspecified atom stereocenters. The summed E-state index contributed by atoms with van der Waals surface area (Å²) in [6.07, 6.45) is 0. The quantitative estimate of drug-likeness (QED) is 0.606. The molecule has 0 radical (unpaired) electrons. The molecule has 3 N–H and O–H groups in total. The zero-order chi connectivity index (χ0) is 21.3. The molecule has 0 aliphatic rings. The number of carboxylic acids is 1. The number of aromatic nitrogens is 2. The number of hydrogen-bond acceptors (Lipinski definition) is 3. The number of carbonyl (C=O) groups excluding carboxylic acids is 1. The van der Waals surface area contributed by atoms with E-state index in [2.05, 4.69) is 38.1 Å². The minimum absolute atomic E-state index is 0.0570. The highest BCUT2D eigenvalue weighted by Crippen LogP contribution is 2.27. The maximum absolute atomic E-state index is 12.7. The van der Waals surface area contributed by atoms with Crippen molar-refractivity contribution < 1.29 is 14.7 Å². The number of nitrogens with zero attached hydrogens (tertiary/aromatic N) is 1. The van der Waals surface area contributed by atoms with Gasteiger partial charge in [0.1, 0.15) is 0 Å². The number of aromatic carboxylic acids is 1. The molecule has 0 saturated heterocycles. The van der Waals surface area contributed by atoms with E-state index in [0.29, 0.717) is 0 Å². The Balaban J connectivity index is 1.95. The molecule has 0 aliphatic heterocycles. The summed E-state index contributed by atoms with van der Waals surface area (Å²) in [5.41, 5.74) is 2.83. The third kappa shape index (κ3) is 3.81. The highest BCUT2D eigenvalue weighted by Gasteiger charge is 2.19. The Kier molecular flexibility index (Phi) is 5.59. The molecule has 0 bridgehead atoms. The Labute approximate surface area is 168 Å². The van der Waals surface area contributed by atoms with Gasteiger partial charge in [-0.05, 0) is 40.7 Å². The fourth-order valence-electron chi connectivity index (χ4n) is 3.61. The number of aromatic amines is 1. The average Bonchev–Trinajstić information content (AvgIpc) is 3.02. The Morgan fingerprint density at radius 1 is 1.03 bits per heavy atom. The fraction of sp³-hybridized carbons (Fsp3) is 0.318. The van der Waals surface area contributed by atoms with Crippen molar-refractivity contribution in [1.29, 1.82) is 0 Å². The molecule has 7 nitrogen and oxygen atoms in total. The number of benzene rings is 2. The number of hydrogen-bond donors (Lipinski definition) is 3. The van der Waals surface area contributed by atoms with Crippen molar-refractivity contribution in [3.8, 4) is 0 Å². The highest BCUT2D eigenvalue weighted by molar-refractivity contribution is 6.02. The molecule has 0 spiro atoms. The van der Waals surface area contributed by atoms with Crippen LogP contribution in [0.5, 0.6) is 0 Å². The molecule has 29 heavy (non-hydrogen) atoms. The normalized spacial score (nSPS) is 11.4. The van der Waals surface area contributed by atoms with Gasteiger partial charge in [0.05, 0.1) is 16.5 Å². The van der Waals surface area contributed by atoms with Gasteiger partial charge in [0, 0.05) is 6.54 Å². The van der Waals surface area contributed by atoms with E-state index in [1.165, 1.54) is 18.2 Å². The lowest BCUT2D eigenvalue weighted by atomic mass is 9.89. The van der Waals surface area contributed by atoms with E-state index in [0.717, 1.165) is 21.4 Å². The molecule has 3 aromatic rings. The van der Waals surface area contributed by atoms with Gasteiger partial charge < -0.3 is 10.4 Å². The Hall–Kier alpha value is -3.35. The molecule has 1 aromatic heterocycles. The van der Waals surface area contributed by atoms with Crippen LogP contribution in [0.4, 0.5) is 4.79 Å². The summed E-state index contributed by atoms with van der Waals surface area (Å²) in [6, 6.07) is 9.85. The predicted molar refractivity (Wildman–Crippen MR) is 112 cm³/mol. The van der Waals surface area contributed by atoms with Crippen LogP contribution in [0.15, 0.2) is 41.2 Å². The molecule has 0 aliphatic carbocycles. The first-order valence-corrected chi connectivity index (χ1v) is 9.59. The van der Waals surface area contributed by atoms with Gasteiger partial charge in [-0.1, -0.05) is 52.0 Å². The molecule has 1 amide bonds. The maximum Gasteiger partial charge on any atom is 0.343 e. The maximum atomic E-state index is 12.7. The van der Waals surface area contributed by atoms with E-state index in [9.17, 15) is 19.5 Å². The third-order valence-electron chi connectivity index (χ3n) is 5.06. The van der Waals surface area contributed by atoms with Gasteiger partial charge in [-0.25, -0.2) is 9.59 Å². The summed E-state index contributed by atoms with van der Waals surface area (Å²) in [5, 5.41) is 14.9. The summed E-state index contributed by atoms with van der Waals surface area (Å²) in [6.45, 7) is 8.66. The van der Waals surface area contributed by atoms with Crippen LogP contribution in [0.25, 0.3) is 10.9 Å². The fourth-order valence-corrected chi connectivity index (χ4v) is 3.61. The van der Waals surface area contributed by atoms with Crippen molar-refractivity contribution in [2.45, 2.75) is 46.1 Å². The minimum atomic E-state index is -1.17. The smallest absolute Gasteiger partial charge is 0.343 e. The Morgan fingerprint density at radius 2 is 1.62 bits per heavy atom. The number of carbonyl (C=O) groups is 2. The van der Waals surface area contributed by atoms with Gasteiger partial charge in [-0.3, -0.25) is 9.89 Å². The molecular formula is C22H25N3O4.